The van der Waals surface area contributed by atoms with Crippen molar-refractivity contribution in [2.75, 3.05) is 17.2 Å². The third-order valence-electron chi connectivity index (χ3n) is 4.05. The Morgan fingerprint density at radius 3 is 2.19 bits per heavy atom. The van der Waals surface area contributed by atoms with Crippen LogP contribution in [-0.4, -0.2) is 18.4 Å². The number of hydrogen-bond acceptors (Lipinski definition) is 3. The van der Waals surface area contributed by atoms with E-state index in [1.807, 2.05) is 24.3 Å². The fourth-order valence-corrected chi connectivity index (χ4v) is 2.65. The monoisotopic (exact) mass is 368 g/mol. The number of amides is 2. The molecule has 5 nitrogen and oxygen atoms in total. The number of hydrogen-bond donors (Lipinski definition) is 2. The van der Waals surface area contributed by atoms with Gasteiger partial charge in [0, 0.05) is 17.8 Å². The van der Waals surface area contributed by atoms with Crippen molar-refractivity contribution in [1.29, 1.82) is 0 Å². The van der Waals surface area contributed by atoms with Gasteiger partial charge in [0.1, 0.15) is 5.75 Å². The first kappa shape index (κ1) is 20.5. The number of carbonyl (C=O) groups excluding carboxylic acids is 2. The maximum atomic E-state index is 12.0. The second-order valence-corrected chi connectivity index (χ2v) is 6.44. The van der Waals surface area contributed by atoms with E-state index in [-0.39, 0.29) is 18.4 Å². The number of unbranched alkanes of at least 4 members (excludes halogenated alkanes) is 4. The highest BCUT2D eigenvalue weighted by Crippen LogP contribution is 2.16. The fourth-order valence-electron chi connectivity index (χ4n) is 2.65. The summed E-state index contributed by atoms with van der Waals surface area (Å²) in [6.45, 7) is 2.10. The van der Waals surface area contributed by atoms with E-state index < -0.39 is 0 Å². The highest BCUT2D eigenvalue weighted by Gasteiger charge is 2.06. The number of para-hydroxylation sites is 1. The van der Waals surface area contributed by atoms with Crippen LogP contribution >= 0.6 is 0 Å². The predicted molar refractivity (Wildman–Crippen MR) is 109 cm³/mol. The van der Waals surface area contributed by atoms with E-state index >= 15 is 0 Å². The maximum Gasteiger partial charge on any atom is 0.262 e. The Hall–Kier alpha value is -2.82. The summed E-state index contributed by atoms with van der Waals surface area (Å²) in [5, 5.41) is 5.66. The van der Waals surface area contributed by atoms with Gasteiger partial charge in [-0.05, 0) is 36.8 Å². The van der Waals surface area contributed by atoms with Gasteiger partial charge >= 0.3 is 0 Å². The Bertz CT molecular complexity index is 717. The largest absolute Gasteiger partial charge is 0.484 e. The van der Waals surface area contributed by atoms with Crippen molar-refractivity contribution in [1.82, 2.24) is 0 Å². The van der Waals surface area contributed by atoms with Gasteiger partial charge < -0.3 is 15.4 Å². The van der Waals surface area contributed by atoms with Gasteiger partial charge in [-0.2, -0.15) is 0 Å². The van der Waals surface area contributed by atoms with Crippen molar-refractivity contribution in [2.45, 2.75) is 45.4 Å². The van der Waals surface area contributed by atoms with E-state index in [0.29, 0.717) is 23.5 Å². The van der Waals surface area contributed by atoms with E-state index in [1.54, 1.807) is 30.3 Å². The molecule has 0 aliphatic carbocycles. The van der Waals surface area contributed by atoms with Crippen molar-refractivity contribution in [2.24, 2.45) is 0 Å². The average molecular weight is 368 g/mol. The lowest BCUT2D eigenvalue weighted by Crippen LogP contribution is -2.20. The lowest BCUT2D eigenvalue weighted by atomic mass is 10.1. The van der Waals surface area contributed by atoms with Crippen LogP contribution in [0.1, 0.15) is 45.4 Å². The maximum absolute atomic E-state index is 12.0. The second kappa shape index (κ2) is 11.7. The molecule has 0 saturated heterocycles. The third kappa shape index (κ3) is 8.40. The van der Waals surface area contributed by atoms with Crippen LogP contribution in [0.15, 0.2) is 54.6 Å². The molecule has 144 valence electrons. The van der Waals surface area contributed by atoms with Crippen molar-refractivity contribution in [3.05, 3.63) is 54.6 Å². The topological polar surface area (TPSA) is 67.4 Å². The number of nitrogens with one attached hydrogen (secondary N) is 2. The van der Waals surface area contributed by atoms with Crippen LogP contribution in [0.25, 0.3) is 0 Å². The molecule has 0 atom stereocenters. The number of carbonyl (C=O) groups is 2. The van der Waals surface area contributed by atoms with Crippen LogP contribution in [0.4, 0.5) is 11.4 Å². The van der Waals surface area contributed by atoms with E-state index in [9.17, 15) is 9.59 Å². The summed E-state index contributed by atoms with van der Waals surface area (Å²) in [5.41, 5.74) is 1.30. The van der Waals surface area contributed by atoms with Gasteiger partial charge in [0.05, 0.1) is 0 Å². The summed E-state index contributed by atoms with van der Waals surface area (Å²) >= 11 is 0. The van der Waals surface area contributed by atoms with Crippen LogP contribution in [-0.2, 0) is 9.59 Å². The lowest BCUT2D eigenvalue weighted by Gasteiger charge is -2.10. The molecule has 0 unspecified atom stereocenters. The molecular formula is C22H28N2O3. The van der Waals surface area contributed by atoms with Gasteiger partial charge in [-0.15, -0.1) is 0 Å². The van der Waals surface area contributed by atoms with Crippen LogP contribution in [0, 0.1) is 0 Å². The second-order valence-electron chi connectivity index (χ2n) is 6.44. The molecule has 2 rings (SSSR count). The molecule has 2 aromatic carbocycles. The van der Waals surface area contributed by atoms with Crippen LogP contribution < -0.4 is 15.4 Å². The zero-order valence-corrected chi connectivity index (χ0v) is 15.9. The smallest absolute Gasteiger partial charge is 0.262 e. The SMILES string of the molecule is CCCCCCCC(=O)Nc1cccc(NC(=O)COc2ccccc2)c1. The van der Waals surface area contributed by atoms with Gasteiger partial charge in [-0.25, -0.2) is 0 Å². The van der Waals surface area contributed by atoms with E-state index in [4.69, 9.17) is 4.74 Å². The Morgan fingerprint density at radius 1 is 0.815 bits per heavy atom. The van der Waals surface area contributed by atoms with Crippen molar-refractivity contribution >= 4 is 23.2 Å². The van der Waals surface area contributed by atoms with Crippen LogP contribution in [0.5, 0.6) is 5.75 Å². The quantitative estimate of drug-likeness (QED) is 0.548. The molecule has 27 heavy (non-hydrogen) atoms. The molecule has 0 aliphatic rings. The van der Waals surface area contributed by atoms with Crippen LogP contribution in [0.2, 0.25) is 0 Å². The van der Waals surface area contributed by atoms with Gasteiger partial charge in [-0.3, -0.25) is 9.59 Å². The predicted octanol–water partition coefficient (Wildman–Crippen LogP) is 5.00. The van der Waals surface area contributed by atoms with Gasteiger partial charge in [0.15, 0.2) is 6.61 Å². The number of benzene rings is 2. The average Bonchev–Trinajstić information content (AvgIpc) is 2.67. The van der Waals surface area contributed by atoms with E-state index in [2.05, 4.69) is 17.6 Å². The minimum atomic E-state index is -0.252. The summed E-state index contributed by atoms with van der Waals surface area (Å²) in [6, 6.07) is 16.3. The normalized spacial score (nSPS) is 10.3. The molecule has 5 heteroatoms. The lowest BCUT2D eigenvalue weighted by molar-refractivity contribution is -0.118. The first-order valence-corrected chi connectivity index (χ1v) is 9.55. The first-order chi connectivity index (χ1) is 13.2. The molecule has 2 N–H and O–H groups in total. The summed E-state index contributed by atoms with van der Waals surface area (Å²) in [6.07, 6.45) is 6.10. The standard InChI is InChI=1S/C22H28N2O3/c1-2-3-4-5-9-15-21(25)23-18-11-10-12-19(16-18)24-22(26)17-27-20-13-7-6-8-14-20/h6-8,10-14,16H,2-5,9,15,17H2,1H3,(H,23,25)(H,24,26). The Labute approximate surface area is 161 Å². The van der Waals surface area contributed by atoms with Gasteiger partial charge in [-0.1, -0.05) is 56.9 Å². The molecule has 0 heterocycles. The Morgan fingerprint density at radius 2 is 1.48 bits per heavy atom. The van der Waals surface area contributed by atoms with Gasteiger partial charge in [0.25, 0.3) is 5.91 Å². The number of anilines is 2. The zero-order valence-electron chi connectivity index (χ0n) is 15.9. The van der Waals surface area contributed by atoms with Crippen LogP contribution in [0.3, 0.4) is 0 Å². The first-order valence-electron chi connectivity index (χ1n) is 9.55. The van der Waals surface area contributed by atoms with Crippen molar-refractivity contribution in [3.63, 3.8) is 0 Å². The molecule has 0 aromatic heterocycles. The van der Waals surface area contributed by atoms with Gasteiger partial charge in [0.2, 0.25) is 5.91 Å². The summed E-state index contributed by atoms with van der Waals surface area (Å²) < 4.78 is 5.43. The van der Waals surface area contributed by atoms with E-state index in [1.165, 1.54) is 19.3 Å². The minimum absolute atomic E-state index is 0.00221. The molecule has 0 spiro atoms. The molecule has 2 aromatic rings. The summed E-state index contributed by atoms with van der Waals surface area (Å²) in [5.74, 6) is 0.397. The molecule has 0 fully saturated rings. The molecular weight excluding hydrogens is 340 g/mol. The highest BCUT2D eigenvalue weighted by atomic mass is 16.5. The van der Waals surface area contributed by atoms with Crippen molar-refractivity contribution in [3.8, 4) is 5.75 Å². The third-order valence-corrected chi connectivity index (χ3v) is 4.05. The van der Waals surface area contributed by atoms with E-state index in [0.717, 1.165) is 12.8 Å². The molecule has 0 radical (unpaired) electrons. The Kier molecular flexibility index (Phi) is 8.90. The highest BCUT2D eigenvalue weighted by molar-refractivity contribution is 5.94. The zero-order chi connectivity index (χ0) is 19.3. The number of rotatable bonds is 11. The number of ether oxygens (including phenoxy) is 1. The minimum Gasteiger partial charge on any atom is -0.484 e. The molecule has 0 aliphatic heterocycles. The molecule has 0 bridgehead atoms. The summed E-state index contributed by atoms with van der Waals surface area (Å²) in [7, 11) is 0. The summed E-state index contributed by atoms with van der Waals surface area (Å²) in [4.78, 5) is 24.0. The molecule has 0 saturated carbocycles. The Balaban J connectivity index is 1.75. The van der Waals surface area contributed by atoms with Crippen molar-refractivity contribution < 1.29 is 14.3 Å². The molecule has 2 amide bonds. The fraction of sp³-hybridized carbons (Fsp3) is 0.364.